The van der Waals surface area contributed by atoms with Gasteiger partial charge in [0.2, 0.25) is 0 Å². The first-order valence-electron chi connectivity index (χ1n) is 9.07. The van der Waals surface area contributed by atoms with Crippen LogP contribution in [0.15, 0.2) is 48.5 Å². The maximum absolute atomic E-state index is 12.9. The van der Waals surface area contributed by atoms with Gasteiger partial charge in [-0.3, -0.25) is 4.79 Å². The number of aryl methyl sites for hydroxylation is 1. The van der Waals surface area contributed by atoms with Crippen molar-refractivity contribution in [2.45, 2.75) is 25.9 Å². The van der Waals surface area contributed by atoms with Gasteiger partial charge in [0.05, 0.1) is 18.7 Å². The Balaban J connectivity index is 1.40. The van der Waals surface area contributed by atoms with E-state index in [1.807, 2.05) is 41.3 Å². The molecule has 0 saturated carbocycles. The van der Waals surface area contributed by atoms with Crippen LogP contribution in [-0.4, -0.2) is 43.1 Å². The van der Waals surface area contributed by atoms with Gasteiger partial charge in [0.25, 0.3) is 5.91 Å². The fourth-order valence-corrected chi connectivity index (χ4v) is 3.62. The molecule has 25 heavy (non-hydrogen) atoms. The molecule has 4 rings (SSSR count). The highest BCUT2D eigenvalue weighted by atomic mass is 16.5. The monoisotopic (exact) mass is 336 g/mol. The summed E-state index contributed by atoms with van der Waals surface area (Å²) in [5.74, 6) is 1.00. The number of anilines is 1. The first-order chi connectivity index (χ1) is 12.2. The zero-order valence-electron chi connectivity index (χ0n) is 14.6. The summed E-state index contributed by atoms with van der Waals surface area (Å²) < 4.78 is 5.97. The van der Waals surface area contributed by atoms with E-state index >= 15 is 0 Å². The van der Waals surface area contributed by atoms with Crippen molar-refractivity contribution < 1.29 is 9.53 Å². The maximum Gasteiger partial charge on any atom is 0.256 e. The molecular formula is C21H24N2O2. The van der Waals surface area contributed by atoms with E-state index in [9.17, 15) is 4.79 Å². The summed E-state index contributed by atoms with van der Waals surface area (Å²) in [6, 6.07) is 16.0. The van der Waals surface area contributed by atoms with E-state index in [0.29, 0.717) is 13.1 Å². The first-order valence-corrected chi connectivity index (χ1v) is 9.07. The first kappa shape index (κ1) is 16.0. The molecule has 4 nitrogen and oxygen atoms in total. The highest BCUT2D eigenvalue weighted by Gasteiger charge is 2.34. The van der Waals surface area contributed by atoms with Crippen molar-refractivity contribution in [3.05, 3.63) is 59.7 Å². The second kappa shape index (κ2) is 6.79. The number of carbonyl (C=O) groups is 1. The molecular weight excluding hydrogens is 312 g/mol. The highest BCUT2D eigenvalue weighted by molar-refractivity contribution is 6.00. The van der Waals surface area contributed by atoms with E-state index < -0.39 is 0 Å². The molecule has 0 spiro atoms. The lowest BCUT2D eigenvalue weighted by Gasteiger charge is -2.39. The topological polar surface area (TPSA) is 32.8 Å². The van der Waals surface area contributed by atoms with Crippen molar-refractivity contribution in [3.63, 3.8) is 0 Å². The Morgan fingerprint density at radius 2 is 1.80 bits per heavy atom. The number of carbonyl (C=O) groups excluding carboxylic acids is 1. The van der Waals surface area contributed by atoms with E-state index in [1.54, 1.807) is 0 Å². The molecule has 0 aromatic heterocycles. The second-order valence-electron chi connectivity index (χ2n) is 6.98. The molecule has 2 aliphatic rings. The zero-order chi connectivity index (χ0) is 17.2. The molecule has 0 radical (unpaired) electrons. The fourth-order valence-electron chi connectivity index (χ4n) is 3.62. The summed E-state index contributed by atoms with van der Waals surface area (Å²) >= 11 is 0. The van der Waals surface area contributed by atoms with Crippen molar-refractivity contribution in [2.24, 2.45) is 0 Å². The number of likely N-dealkylation sites (tertiary alicyclic amines) is 1. The molecule has 2 aromatic rings. The van der Waals surface area contributed by atoms with Crippen LogP contribution in [-0.2, 0) is 0 Å². The van der Waals surface area contributed by atoms with Crippen molar-refractivity contribution >= 4 is 11.6 Å². The summed E-state index contributed by atoms with van der Waals surface area (Å²) in [5, 5.41) is 0. The third-order valence-electron chi connectivity index (χ3n) is 5.01. The molecule has 0 bridgehead atoms. The largest absolute Gasteiger partial charge is 0.487 e. The number of hydrogen-bond donors (Lipinski definition) is 0. The van der Waals surface area contributed by atoms with Gasteiger partial charge in [-0.1, -0.05) is 24.3 Å². The Hall–Kier alpha value is -2.49. The van der Waals surface area contributed by atoms with E-state index in [1.165, 1.54) is 18.4 Å². The van der Waals surface area contributed by atoms with Gasteiger partial charge >= 0.3 is 0 Å². The average Bonchev–Trinajstić information content (AvgIpc) is 3.12. The van der Waals surface area contributed by atoms with Crippen LogP contribution in [0.25, 0.3) is 0 Å². The van der Waals surface area contributed by atoms with Gasteiger partial charge in [-0.25, -0.2) is 0 Å². The van der Waals surface area contributed by atoms with Crippen molar-refractivity contribution in [2.75, 3.05) is 31.1 Å². The van der Waals surface area contributed by atoms with Gasteiger partial charge in [-0.05, 0) is 49.6 Å². The quantitative estimate of drug-likeness (QED) is 0.857. The Morgan fingerprint density at radius 1 is 1.04 bits per heavy atom. The molecule has 2 aromatic carbocycles. The lowest BCUT2D eigenvalue weighted by atomic mass is 10.1. The lowest BCUT2D eigenvalue weighted by molar-refractivity contribution is 0.0178. The minimum absolute atomic E-state index is 0.0877. The standard InChI is InChI=1S/C21H24N2O2/c1-16-7-6-8-17(13-16)25-18-14-23(15-18)21(24)19-9-2-3-10-20(19)22-11-4-5-12-22/h2-3,6-10,13,18H,4-5,11-12,14-15H2,1H3. The van der Waals surface area contributed by atoms with E-state index in [-0.39, 0.29) is 12.0 Å². The minimum Gasteiger partial charge on any atom is -0.487 e. The molecule has 2 heterocycles. The SMILES string of the molecule is Cc1cccc(OC2CN(C(=O)c3ccccc3N3CCCC3)C2)c1. The summed E-state index contributed by atoms with van der Waals surface area (Å²) in [7, 11) is 0. The number of hydrogen-bond acceptors (Lipinski definition) is 3. The molecule has 2 fully saturated rings. The van der Waals surface area contributed by atoms with Gasteiger partial charge in [-0.2, -0.15) is 0 Å². The summed E-state index contributed by atoms with van der Waals surface area (Å²) in [5.41, 5.74) is 3.08. The van der Waals surface area contributed by atoms with Crippen molar-refractivity contribution in [1.29, 1.82) is 0 Å². The van der Waals surface area contributed by atoms with Gasteiger partial charge < -0.3 is 14.5 Å². The molecule has 2 saturated heterocycles. The fraction of sp³-hybridized carbons (Fsp3) is 0.381. The van der Waals surface area contributed by atoms with Crippen LogP contribution >= 0.6 is 0 Å². The summed E-state index contributed by atoms with van der Waals surface area (Å²) in [6.45, 7) is 5.45. The Morgan fingerprint density at radius 3 is 2.56 bits per heavy atom. The van der Waals surface area contributed by atoms with Crippen LogP contribution in [0.1, 0.15) is 28.8 Å². The van der Waals surface area contributed by atoms with E-state index in [0.717, 1.165) is 30.1 Å². The lowest BCUT2D eigenvalue weighted by Crippen LogP contribution is -2.56. The summed E-state index contributed by atoms with van der Waals surface area (Å²) in [4.78, 5) is 17.1. The van der Waals surface area contributed by atoms with Crippen LogP contribution in [0.5, 0.6) is 5.75 Å². The molecule has 1 amide bonds. The van der Waals surface area contributed by atoms with E-state index in [2.05, 4.69) is 24.0 Å². The number of para-hydroxylation sites is 1. The number of ether oxygens (including phenoxy) is 1. The molecule has 4 heteroatoms. The number of amides is 1. The van der Waals surface area contributed by atoms with Crippen molar-refractivity contribution in [3.8, 4) is 5.75 Å². The smallest absolute Gasteiger partial charge is 0.256 e. The normalized spacial score (nSPS) is 17.5. The Labute approximate surface area is 149 Å². The van der Waals surface area contributed by atoms with Crippen LogP contribution < -0.4 is 9.64 Å². The van der Waals surface area contributed by atoms with E-state index in [4.69, 9.17) is 4.74 Å². The third kappa shape index (κ3) is 3.34. The van der Waals surface area contributed by atoms with Crippen LogP contribution in [0.2, 0.25) is 0 Å². The third-order valence-corrected chi connectivity index (χ3v) is 5.01. The molecule has 130 valence electrons. The molecule has 0 N–H and O–H groups in total. The number of rotatable bonds is 4. The Kier molecular flexibility index (Phi) is 4.35. The van der Waals surface area contributed by atoms with Gasteiger partial charge in [0.15, 0.2) is 0 Å². The number of benzene rings is 2. The average molecular weight is 336 g/mol. The molecule has 2 aliphatic heterocycles. The molecule has 0 atom stereocenters. The number of nitrogens with zero attached hydrogens (tertiary/aromatic N) is 2. The minimum atomic E-state index is 0.0877. The summed E-state index contributed by atoms with van der Waals surface area (Å²) in [6.07, 6.45) is 2.50. The van der Waals surface area contributed by atoms with Crippen LogP contribution in [0.3, 0.4) is 0 Å². The van der Waals surface area contributed by atoms with Gasteiger partial charge in [0.1, 0.15) is 11.9 Å². The zero-order valence-corrected chi connectivity index (χ0v) is 14.6. The predicted molar refractivity (Wildman–Crippen MR) is 99.4 cm³/mol. The highest BCUT2D eigenvalue weighted by Crippen LogP contribution is 2.28. The van der Waals surface area contributed by atoms with Gasteiger partial charge in [0, 0.05) is 18.8 Å². The van der Waals surface area contributed by atoms with Gasteiger partial charge in [-0.15, -0.1) is 0 Å². The maximum atomic E-state index is 12.9. The molecule has 0 aliphatic carbocycles. The Bertz CT molecular complexity index is 762. The predicted octanol–water partition coefficient (Wildman–Crippen LogP) is 3.50. The molecule has 0 unspecified atom stereocenters. The van der Waals surface area contributed by atoms with Crippen molar-refractivity contribution in [1.82, 2.24) is 4.90 Å². The van der Waals surface area contributed by atoms with Crippen LogP contribution in [0, 0.1) is 6.92 Å². The second-order valence-corrected chi connectivity index (χ2v) is 6.98. The van der Waals surface area contributed by atoms with Crippen LogP contribution in [0.4, 0.5) is 5.69 Å².